The summed E-state index contributed by atoms with van der Waals surface area (Å²) in [6, 6.07) is 9.40. The zero-order valence-electron chi connectivity index (χ0n) is 11.1. The van der Waals surface area contributed by atoms with Gasteiger partial charge < -0.3 is 10.8 Å². The summed E-state index contributed by atoms with van der Waals surface area (Å²) >= 11 is 0. The Hall–Kier alpha value is -2.89. The molecule has 2 heterocycles. The standard InChI is InChI=1S/C15H13N3O3/c16-10-5-3-7-17-13(10)14(19)18-11-6-2-1-4-9(11)8-12(18)15(20)21/h1-7,12H,8,16H2,(H,20,21). The third-order valence-electron chi connectivity index (χ3n) is 3.52. The fraction of sp³-hybridized carbons (Fsp3) is 0.133. The maximum atomic E-state index is 12.7. The smallest absolute Gasteiger partial charge is 0.327 e. The van der Waals surface area contributed by atoms with E-state index in [9.17, 15) is 14.7 Å². The summed E-state index contributed by atoms with van der Waals surface area (Å²) in [5.41, 5.74) is 7.50. The number of carbonyl (C=O) groups is 2. The predicted octanol–water partition coefficient (Wildman–Crippen LogP) is 1.32. The Morgan fingerprint density at radius 2 is 2.00 bits per heavy atom. The van der Waals surface area contributed by atoms with Gasteiger partial charge in [-0.15, -0.1) is 0 Å². The van der Waals surface area contributed by atoms with Gasteiger partial charge in [0.15, 0.2) is 5.69 Å². The Labute approximate surface area is 120 Å². The van der Waals surface area contributed by atoms with E-state index in [2.05, 4.69) is 4.98 Å². The molecule has 3 rings (SSSR count). The minimum absolute atomic E-state index is 0.0699. The van der Waals surface area contributed by atoms with E-state index in [0.717, 1.165) is 5.56 Å². The molecule has 0 spiro atoms. The summed E-state index contributed by atoms with van der Waals surface area (Å²) < 4.78 is 0. The summed E-state index contributed by atoms with van der Waals surface area (Å²) in [4.78, 5) is 29.4. The highest BCUT2D eigenvalue weighted by Gasteiger charge is 2.39. The van der Waals surface area contributed by atoms with Crippen LogP contribution < -0.4 is 10.6 Å². The maximum absolute atomic E-state index is 12.7. The number of hydrogen-bond acceptors (Lipinski definition) is 4. The van der Waals surface area contributed by atoms with Crippen LogP contribution in [0.1, 0.15) is 16.1 Å². The van der Waals surface area contributed by atoms with Crippen LogP contribution in [0, 0.1) is 0 Å². The number of nitrogens with two attached hydrogens (primary N) is 1. The second kappa shape index (κ2) is 4.90. The molecule has 1 atom stereocenters. The number of anilines is 2. The molecule has 21 heavy (non-hydrogen) atoms. The quantitative estimate of drug-likeness (QED) is 0.866. The largest absolute Gasteiger partial charge is 0.480 e. The van der Waals surface area contributed by atoms with Crippen LogP contribution in [0.2, 0.25) is 0 Å². The first-order valence-electron chi connectivity index (χ1n) is 6.44. The number of amides is 1. The lowest BCUT2D eigenvalue weighted by Gasteiger charge is -2.22. The molecular formula is C15H13N3O3. The van der Waals surface area contributed by atoms with Crippen molar-refractivity contribution in [2.24, 2.45) is 0 Å². The molecule has 1 aliphatic rings. The highest BCUT2D eigenvalue weighted by atomic mass is 16.4. The summed E-state index contributed by atoms with van der Waals surface area (Å²) in [5.74, 6) is -1.54. The van der Waals surface area contributed by atoms with Crippen molar-refractivity contribution < 1.29 is 14.7 Å². The van der Waals surface area contributed by atoms with E-state index in [1.165, 1.54) is 11.1 Å². The lowest BCUT2D eigenvalue weighted by Crippen LogP contribution is -2.43. The van der Waals surface area contributed by atoms with Crippen molar-refractivity contribution in [3.63, 3.8) is 0 Å². The van der Waals surface area contributed by atoms with Gasteiger partial charge in [0, 0.05) is 18.3 Å². The number of nitrogens with zero attached hydrogens (tertiary/aromatic N) is 2. The van der Waals surface area contributed by atoms with E-state index in [1.807, 2.05) is 12.1 Å². The van der Waals surface area contributed by atoms with Crippen LogP contribution in [0.15, 0.2) is 42.6 Å². The number of rotatable bonds is 2. The van der Waals surface area contributed by atoms with Gasteiger partial charge in [0.2, 0.25) is 0 Å². The Morgan fingerprint density at radius 3 is 2.71 bits per heavy atom. The molecule has 1 aliphatic heterocycles. The van der Waals surface area contributed by atoms with Gasteiger partial charge in [0.1, 0.15) is 6.04 Å². The molecule has 6 nitrogen and oxygen atoms in total. The third-order valence-corrected chi connectivity index (χ3v) is 3.52. The average Bonchev–Trinajstić information content (AvgIpc) is 2.86. The van der Waals surface area contributed by atoms with Crippen molar-refractivity contribution in [1.82, 2.24) is 4.98 Å². The molecule has 1 aromatic heterocycles. The van der Waals surface area contributed by atoms with Crippen LogP contribution in [0.3, 0.4) is 0 Å². The van der Waals surface area contributed by atoms with Gasteiger partial charge in [-0.1, -0.05) is 18.2 Å². The van der Waals surface area contributed by atoms with Gasteiger partial charge in [0.05, 0.1) is 5.69 Å². The molecule has 6 heteroatoms. The molecule has 0 fully saturated rings. The highest BCUT2D eigenvalue weighted by molar-refractivity contribution is 6.12. The lowest BCUT2D eigenvalue weighted by molar-refractivity contribution is -0.138. The van der Waals surface area contributed by atoms with Gasteiger partial charge in [-0.05, 0) is 23.8 Å². The minimum atomic E-state index is -1.05. The lowest BCUT2D eigenvalue weighted by atomic mass is 10.1. The predicted molar refractivity (Wildman–Crippen MR) is 77.0 cm³/mol. The molecule has 0 saturated heterocycles. The topological polar surface area (TPSA) is 96.5 Å². The number of hydrogen-bond donors (Lipinski definition) is 2. The summed E-state index contributed by atoms with van der Waals surface area (Å²) in [6.45, 7) is 0. The van der Waals surface area contributed by atoms with E-state index >= 15 is 0 Å². The number of nitrogen functional groups attached to an aromatic ring is 1. The molecule has 1 unspecified atom stereocenters. The summed E-state index contributed by atoms with van der Waals surface area (Å²) in [7, 11) is 0. The van der Waals surface area contributed by atoms with Gasteiger partial charge in [0.25, 0.3) is 5.91 Å². The first-order chi connectivity index (χ1) is 10.1. The van der Waals surface area contributed by atoms with Gasteiger partial charge >= 0.3 is 5.97 Å². The number of aliphatic carboxylic acids is 1. The Balaban J connectivity index is 2.08. The Kier molecular flexibility index (Phi) is 3.06. The highest BCUT2D eigenvalue weighted by Crippen LogP contribution is 2.33. The number of aromatic nitrogens is 1. The van der Waals surface area contributed by atoms with Gasteiger partial charge in [-0.25, -0.2) is 9.78 Å². The van der Waals surface area contributed by atoms with Crippen molar-refractivity contribution in [3.05, 3.63) is 53.9 Å². The van der Waals surface area contributed by atoms with Gasteiger partial charge in [-0.2, -0.15) is 0 Å². The molecule has 0 aliphatic carbocycles. The van der Waals surface area contributed by atoms with Crippen LogP contribution >= 0.6 is 0 Å². The summed E-state index contributed by atoms with van der Waals surface area (Å²) in [6.07, 6.45) is 1.74. The third kappa shape index (κ3) is 2.10. The monoisotopic (exact) mass is 283 g/mol. The van der Waals surface area contributed by atoms with Crippen LogP contribution in [0.5, 0.6) is 0 Å². The number of benzene rings is 1. The summed E-state index contributed by atoms with van der Waals surface area (Å²) in [5, 5.41) is 9.38. The van der Waals surface area contributed by atoms with E-state index in [0.29, 0.717) is 5.69 Å². The van der Waals surface area contributed by atoms with Crippen molar-refractivity contribution in [1.29, 1.82) is 0 Å². The van der Waals surface area contributed by atoms with E-state index in [1.54, 1.807) is 24.3 Å². The number of para-hydroxylation sites is 1. The van der Waals surface area contributed by atoms with Crippen molar-refractivity contribution in [3.8, 4) is 0 Å². The van der Waals surface area contributed by atoms with Crippen LogP contribution in [0.25, 0.3) is 0 Å². The SMILES string of the molecule is Nc1cccnc1C(=O)N1c2ccccc2CC1C(=O)O. The molecule has 1 aromatic carbocycles. The normalized spacial score (nSPS) is 16.6. The number of carboxylic acid groups (broad SMARTS) is 1. The molecule has 2 aromatic rings. The molecule has 0 radical (unpaired) electrons. The first kappa shape index (κ1) is 13.1. The minimum Gasteiger partial charge on any atom is -0.480 e. The molecule has 0 bridgehead atoms. The van der Waals surface area contributed by atoms with Crippen molar-refractivity contribution in [2.45, 2.75) is 12.5 Å². The molecular weight excluding hydrogens is 270 g/mol. The van der Waals surface area contributed by atoms with Crippen LogP contribution in [-0.2, 0) is 11.2 Å². The van der Waals surface area contributed by atoms with Crippen LogP contribution in [0.4, 0.5) is 11.4 Å². The second-order valence-corrected chi connectivity index (χ2v) is 4.80. The number of carbonyl (C=O) groups excluding carboxylic acids is 1. The fourth-order valence-electron chi connectivity index (χ4n) is 2.55. The first-order valence-corrected chi connectivity index (χ1v) is 6.44. The maximum Gasteiger partial charge on any atom is 0.327 e. The van der Waals surface area contributed by atoms with Crippen molar-refractivity contribution in [2.75, 3.05) is 10.6 Å². The molecule has 0 saturated carbocycles. The Bertz CT molecular complexity index is 730. The number of pyridine rings is 1. The fourth-order valence-corrected chi connectivity index (χ4v) is 2.55. The Morgan fingerprint density at radius 1 is 1.24 bits per heavy atom. The molecule has 106 valence electrons. The van der Waals surface area contributed by atoms with E-state index in [-0.39, 0.29) is 17.8 Å². The van der Waals surface area contributed by atoms with E-state index < -0.39 is 17.9 Å². The second-order valence-electron chi connectivity index (χ2n) is 4.80. The number of carboxylic acids is 1. The molecule has 1 amide bonds. The van der Waals surface area contributed by atoms with Crippen molar-refractivity contribution >= 4 is 23.3 Å². The average molecular weight is 283 g/mol. The van der Waals surface area contributed by atoms with Crippen LogP contribution in [-0.4, -0.2) is 28.0 Å². The van der Waals surface area contributed by atoms with E-state index in [4.69, 9.17) is 5.73 Å². The number of fused-ring (bicyclic) bond motifs is 1. The van der Waals surface area contributed by atoms with Gasteiger partial charge in [-0.3, -0.25) is 9.69 Å². The zero-order chi connectivity index (χ0) is 15.0. The molecule has 3 N–H and O–H groups in total. The zero-order valence-corrected chi connectivity index (χ0v) is 11.1.